The summed E-state index contributed by atoms with van der Waals surface area (Å²) in [5.41, 5.74) is 0.503. The zero-order chi connectivity index (χ0) is 14.4. The number of aryl methyl sites for hydroxylation is 1. The Morgan fingerprint density at radius 1 is 1.68 bits per heavy atom. The van der Waals surface area contributed by atoms with Crippen LogP contribution < -0.4 is 10.1 Å². The third kappa shape index (κ3) is 4.06. The maximum atomic E-state index is 11.6. The number of hydrogen-bond acceptors (Lipinski definition) is 5. The second-order valence-electron chi connectivity index (χ2n) is 3.83. The molecular weight excluding hydrogens is 250 g/mol. The van der Waals surface area contributed by atoms with Gasteiger partial charge in [-0.15, -0.1) is 6.58 Å². The first kappa shape index (κ1) is 14.6. The summed E-state index contributed by atoms with van der Waals surface area (Å²) in [6.07, 6.45) is 0.670. The lowest BCUT2D eigenvalue weighted by Gasteiger charge is -2.13. The topological polar surface area (TPSA) is 94.4 Å². The van der Waals surface area contributed by atoms with E-state index >= 15 is 0 Å². The Morgan fingerprint density at radius 2 is 2.37 bits per heavy atom. The molecule has 0 saturated heterocycles. The highest BCUT2D eigenvalue weighted by molar-refractivity contribution is 5.80. The van der Waals surface area contributed by atoms with Gasteiger partial charge in [-0.05, 0) is 29.0 Å². The van der Waals surface area contributed by atoms with Crippen molar-refractivity contribution in [3.63, 3.8) is 0 Å². The lowest BCUT2D eigenvalue weighted by molar-refractivity contribution is -0.390. The molecule has 7 heteroatoms. The fourth-order valence-corrected chi connectivity index (χ4v) is 1.31. The number of rotatable bonds is 6. The molecule has 0 fully saturated rings. The van der Waals surface area contributed by atoms with Crippen LogP contribution in [0.5, 0.6) is 5.75 Å². The molecule has 1 amide bonds. The number of hydrogen-bond donors (Lipinski definition) is 1. The molecular formula is C12H15N3O4. The van der Waals surface area contributed by atoms with Gasteiger partial charge in [-0.1, -0.05) is 6.08 Å². The molecule has 0 spiro atoms. The number of carbonyl (C=O) groups is 1. The third-order valence-corrected chi connectivity index (χ3v) is 2.25. The highest BCUT2D eigenvalue weighted by Gasteiger charge is 2.22. The van der Waals surface area contributed by atoms with E-state index in [-0.39, 0.29) is 11.7 Å². The van der Waals surface area contributed by atoms with Crippen LogP contribution in [0.25, 0.3) is 0 Å². The lowest BCUT2D eigenvalue weighted by Crippen LogP contribution is -2.36. The van der Waals surface area contributed by atoms with Gasteiger partial charge in [0.05, 0.1) is 0 Å². The number of nitrogens with zero attached hydrogens (tertiary/aromatic N) is 2. The lowest BCUT2D eigenvalue weighted by atomic mass is 10.3. The van der Waals surface area contributed by atoms with Gasteiger partial charge in [0.2, 0.25) is 5.75 Å². The average Bonchev–Trinajstić information content (AvgIpc) is 2.37. The fraction of sp³-hybridized carbons (Fsp3) is 0.333. The summed E-state index contributed by atoms with van der Waals surface area (Å²) in [6.45, 7) is 6.91. The van der Waals surface area contributed by atoms with E-state index in [0.29, 0.717) is 12.2 Å². The molecule has 1 atom stereocenters. The van der Waals surface area contributed by atoms with Gasteiger partial charge in [-0.3, -0.25) is 4.79 Å². The Labute approximate surface area is 110 Å². The molecule has 0 aromatic carbocycles. The Hall–Kier alpha value is -2.44. The first-order valence-electron chi connectivity index (χ1n) is 5.63. The molecule has 0 aliphatic heterocycles. The molecule has 1 heterocycles. The number of carbonyl (C=O) groups excluding carboxylic acids is 1. The number of pyridine rings is 1. The molecule has 102 valence electrons. The van der Waals surface area contributed by atoms with E-state index in [4.69, 9.17) is 4.74 Å². The van der Waals surface area contributed by atoms with E-state index in [1.54, 1.807) is 13.0 Å². The van der Waals surface area contributed by atoms with Gasteiger partial charge in [0.1, 0.15) is 5.69 Å². The van der Waals surface area contributed by atoms with Crippen molar-refractivity contribution in [1.29, 1.82) is 0 Å². The average molecular weight is 265 g/mol. The summed E-state index contributed by atoms with van der Waals surface area (Å²) in [4.78, 5) is 25.6. The molecule has 1 rings (SSSR count). The van der Waals surface area contributed by atoms with Crippen LogP contribution in [0, 0.1) is 17.0 Å². The molecule has 0 radical (unpaired) electrons. The van der Waals surface area contributed by atoms with Gasteiger partial charge >= 0.3 is 5.82 Å². The molecule has 1 aromatic rings. The summed E-state index contributed by atoms with van der Waals surface area (Å²) in [7, 11) is 0. The van der Waals surface area contributed by atoms with Gasteiger partial charge in [-0.25, -0.2) is 0 Å². The number of aromatic nitrogens is 1. The summed E-state index contributed by atoms with van der Waals surface area (Å²) in [5, 5.41) is 13.4. The van der Waals surface area contributed by atoms with Gasteiger partial charge < -0.3 is 20.2 Å². The van der Waals surface area contributed by atoms with E-state index in [1.165, 1.54) is 19.1 Å². The van der Waals surface area contributed by atoms with Crippen molar-refractivity contribution in [2.75, 3.05) is 6.54 Å². The van der Waals surface area contributed by atoms with Crippen LogP contribution in [0.3, 0.4) is 0 Å². The van der Waals surface area contributed by atoms with E-state index < -0.39 is 16.8 Å². The Kier molecular flexibility index (Phi) is 4.99. The molecule has 0 aliphatic rings. The van der Waals surface area contributed by atoms with E-state index in [1.807, 2.05) is 0 Å². The third-order valence-electron chi connectivity index (χ3n) is 2.25. The predicted octanol–water partition coefficient (Wildman–Crippen LogP) is 1.37. The normalized spacial score (nSPS) is 11.5. The van der Waals surface area contributed by atoms with Crippen molar-refractivity contribution in [1.82, 2.24) is 10.3 Å². The molecule has 0 unspecified atom stereocenters. The van der Waals surface area contributed by atoms with Crippen LogP contribution in [-0.4, -0.2) is 28.5 Å². The van der Waals surface area contributed by atoms with Crippen molar-refractivity contribution in [2.24, 2.45) is 0 Å². The first-order chi connectivity index (χ1) is 8.95. The van der Waals surface area contributed by atoms with Crippen molar-refractivity contribution < 1.29 is 14.5 Å². The zero-order valence-electron chi connectivity index (χ0n) is 10.8. The monoisotopic (exact) mass is 265 g/mol. The van der Waals surface area contributed by atoms with E-state index in [0.717, 1.165) is 0 Å². The van der Waals surface area contributed by atoms with Crippen molar-refractivity contribution >= 4 is 11.7 Å². The van der Waals surface area contributed by atoms with Crippen molar-refractivity contribution in [3.8, 4) is 5.75 Å². The van der Waals surface area contributed by atoms with Crippen LogP contribution in [0.4, 0.5) is 5.82 Å². The predicted molar refractivity (Wildman–Crippen MR) is 68.9 cm³/mol. The highest BCUT2D eigenvalue weighted by Crippen LogP contribution is 2.25. The molecule has 0 bridgehead atoms. The SMILES string of the molecule is C=CCNC(=O)[C@@H](C)Oc1ccc(C)nc1[N+](=O)[O-]. The van der Waals surface area contributed by atoms with Gasteiger partial charge in [0.15, 0.2) is 6.10 Å². The van der Waals surface area contributed by atoms with E-state index in [2.05, 4.69) is 16.9 Å². The fourth-order valence-electron chi connectivity index (χ4n) is 1.31. The number of nitrogens with one attached hydrogen (secondary N) is 1. The van der Waals surface area contributed by atoms with Gasteiger partial charge in [0, 0.05) is 13.5 Å². The van der Waals surface area contributed by atoms with Crippen molar-refractivity contribution in [3.05, 3.63) is 40.6 Å². The van der Waals surface area contributed by atoms with Crippen LogP contribution in [0.1, 0.15) is 12.6 Å². The van der Waals surface area contributed by atoms with Gasteiger partial charge in [0.25, 0.3) is 5.91 Å². The molecule has 1 N–H and O–H groups in total. The van der Waals surface area contributed by atoms with Crippen LogP contribution in [0.15, 0.2) is 24.8 Å². The van der Waals surface area contributed by atoms with Crippen LogP contribution in [-0.2, 0) is 4.79 Å². The molecule has 1 aromatic heterocycles. The standard InChI is InChI=1S/C12H15N3O4/c1-4-7-13-12(16)9(3)19-10-6-5-8(2)14-11(10)15(17)18/h4-6,9H,1,7H2,2-3H3,(H,13,16)/t9-/m1/s1. The summed E-state index contributed by atoms with van der Waals surface area (Å²) >= 11 is 0. The minimum Gasteiger partial charge on any atom is -0.473 e. The number of amides is 1. The quantitative estimate of drug-likeness (QED) is 0.476. The maximum Gasteiger partial charge on any atom is 0.406 e. The minimum atomic E-state index is -0.858. The Balaban J connectivity index is 2.84. The second kappa shape index (κ2) is 6.48. The highest BCUT2D eigenvalue weighted by atomic mass is 16.6. The number of ether oxygens (including phenoxy) is 1. The summed E-state index contributed by atoms with van der Waals surface area (Å²) < 4.78 is 5.27. The minimum absolute atomic E-state index is 0.0307. The van der Waals surface area contributed by atoms with Crippen LogP contribution in [0.2, 0.25) is 0 Å². The molecule has 7 nitrogen and oxygen atoms in total. The largest absolute Gasteiger partial charge is 0.473 e. The summed E-state index contributed by atoms with van der Waals surface area (Å²) in [6, 6.07) is 3.01. The molecule has 19 heavy (non-hydrogen) atoms. The smallest absolute Gasteiger partial charge is 0.406 e. The first-order valence-corrected chi connectivity index (χ1v) is 5.63. The Morgan fingerprint density at radius 3 is 2.95 bits per heavy atom. The molecule has 0 aliphatic carbocycles. The molecule has 0 saturated carbocycles. The summed E-state index contributed by atoms with van der Waals surface area (Å²) in [5.74, 6) is -0.810. The zero-order valence-corrected chi connectivity index (χ0v) is 10.8. The second-order valence-corrected chi connectivity index (χ2v) is 3.83. The number of nitro groups is 1. The van der Waals surface area contributed by atoms with Crippen LogP contribution >= 0.6 is 0 Å². The van der Waals surface area contributed by atoms with Gasteiger partial charge in [-0.2, -0.15) is 0 Å². The Bertz CT molecular complexity index is 502. The van der Waals surface area contributed by atoms with E-state index in [9.17, 15) is 14.9 Å². The van der Waals surface area contributed by atoms with Crippen molar-refractivity contribution in [2.45, 2.75) is 20.0 Å². The maximum absolute atomic E-state index is 11.6.